The summed E-state index contributed by atoms with van der Waals surface area (Å²) < 4.78 is 49.1. The molecule has 7 heteroatoms. The maximum Gasteiger partial charge on any atom is 0.164 e. The van der Waals surface area contributed by atoms with Crippen molar-refractivity contribution >= 4 is 15.6 Å². The van der Waals surface area contributed by atoms with Gasteiger partial charge in [-0.1, -0.05) is 0 Å². The van der Waals surface area contributed by atoms with E-state index in [2.05, 4.69) is 0 Å². The number of rotatable bonds is 4. The van der Waals surface area contributed by atoms with Crippen LogP contribution in [0.1, 0.15) is 23.2 Å². The van der Waals surface area contributed by atoms with Crippen LogP contribution in [0.3, 0.4) is 0 Å². The van der Waals surface area contributed by atoms with Gasteiger partial charge in [-0.3, -0.25) is 4.79 Å². The van der Waals surface area contributed by atoms with Crippen LogP contribution in [-0.4, -0.2) is 50.2 Å². The van der Waals surface area contributed by atoms with Gasteiger partial charge in [-0.15, -0.1) is 0 Å². The molecule has 0 atom stereocenters. The van der Waals surface area contributed by atoms with Crippen molar-refractivity contribution in [3.63, 3.8) is 0 Å². The number of halogens is 2. The number of Topliss-reactive ketones (excluding diaryl/α,β-unsaturated/α-hetero) is 1. The second-order valence-corrected chi connectivity index (χ2v) is 7.48. The third kappa shape index (κ3) is 4.86. The molecule has 0 saturated carbocycles. The van der Waals surface area contributed by atoms with E-state index in [1.165, 1.54) is 0 Å². The van der Waals surface area contributed by atoms with Crippen molar-refractivity contribution in [1.82, 2.24) is 4.90 Å². The topological polar surface area (TPSA) is 54.5 Å². The summed E-state index contributed by atoms with van der Waals surface area (Å²) in [5, 5.41) is 0. The lowest BCUT2D eigenvalue weighted by Gasteiger charge is -2.18. The summed E-state index contributed by atoms with van der Waals surface area (Å²) in [6.45, 7) is 1.41. The predicted octanol–water partition coefficient (Wildman–Crippen LogP) is 1.66. The van der Waals surface area contributed by atoms with E-state index >= 15 is 0 Å². The Labute approximate surface area is 122 Å². The number of hydrogen-bond donors (Lipinski definition) is 0. The number of ketones is 1. The number of sulfone groups is 1. The van der Waals surface area contributed by atoms with Crippen LogP contribution >= 0.6 is 0 Å². The van der Waals surface area contributed by atoms with Crippen molar-refractivity contribution < 1.29 is 22.0 Å². The minimum atomic E-state index is -2.98. The van der Waals surface area contributed by atoms with Gasteiger partial charge in [0.15, 0.2) is 15.6 Å². The molecule has 2 rings (SSSR count). The molecular formula is C14H17F2NO3S. The van der Waals surface area contributed by atoms with E-state index in [0.29, 0.717) is 26.1 Å². The molecule has 1 fully saturated rings. The second-order valence-electron chi connectivity index (χ2n) is 5.18. The highest BCUT2D eigenvalue weighted by molar-refractivity contribution is 7.91. The monoisotopic (exact) mass is 317 g/mol. The summed E-state index contributed by atoms with van der Waals surface area (Å²) in [5.74, 6) is -1.64. The van der Waals surface area contributed by atoms with Gasteiger partial charge in [0.1, 0.15) is 11.6 Å². The number of benzene rings is 1. The lowest BCUT2D eigenvalue weighted by atomic mass is 10.1. The molecule has 0 aliphatic carbocycles. The molecule has 1 aliphatic rings. The number of hydrogen-bond acceptors (Lipinski definition) is 4. The smallest absolute Gasteiger partial charge is 0.164 e. The fourth-order valence-electron chi connectivity index (χ4n) is 2.33. The van der Waals surface area contributed by atoms with Crippen molar-refractivity contribution in [2.45, 2.75) is 12.8 Å². The van der Waals surface area contributed by atoms with E-state index in [1.54, 1.807) is 0 Å². The standard InChI is InChI=1S/C14H17F2NO3S/c15-12-8-11(9-13(16)10-12)14(18)2-4-17-3-1-6-21(19,20)7-5-17/h8-10H,1-7H2. The Morgan fingerprint density at radius 3 is 2.43 bits per heavy atom. The largest absolute Gasteiger partial charge is 0.302 e. The Balaban J connectivity index is 1.92. The lowest BCUT2D eigenvalue weighted by Crippen LogP contribution is -2.29. The minimum Gasteiger partial charge on any atom is -0.302 e. The van der Waals surface area contributed by atoms with E-state index in [-0.39, 0.29) is 29.3 Å². The first-order valence-electron chi connectivity index (χ1n) is 6.78. The first-order valence-corrected chi connectivity index (χ1v) is 8.60. The fourth-order valence-corrected chi connectivity index (χ4v) is 3.64. The Hall–Kier alpha value is -1.34. The van der Waals surface area contributed by atoms with Gasteiger partial charge in [-0.05, 0) is 25.1 Å². The van der Waals surface area contributed by atoms with Crippen molar-refractivity contribution in [2.24, 2.45) is 0 Å². The summed E-state index contributed by atoms with van der Waals surface area (Å²) >= 11 is 0. The molecule has 21 heavy (non-hydrogen) atoms. The van der Waals surface area contributed by atoms with Gasteiger partial charge in [-0.25, -0.2) is 17.2 Å². The predicted molar refractivity (Wildman–Crippen MR) is 75.0 cm³/mol. The quantitative estimate of drug-likeness (QED) is 0.793. The highest BCUT2D eigenvalue weighted by Crippen LogP contribution is 2.12. The highest BCUT2D eigenvalue weighted by atomic mass is 32.2. The normalized spacial score (nSPS) is 19.1. The van der Waals surface area contributed by atoms with Crippen LogP contribution in [-0.2, 0) is 9.84 Å². The molecular weight excluding hydrogens is 300 g/mol. The second kappa shape index (κ2) is 6.62. The van der Waals surface area contributed by atoms with E-state index < -0.39 is 21.5 Å². The van der Waals surface area contributed by atoms with Crippen LogP contribution in [0.4, 0.5) is 8.78 Å². The maximum atomic E-state index is 13.1. The van der Waals surface area contributed by atoms with Crippen molar-refractivity contribution in [3.05, 3.63) is 35.4 Å². The van der Waals surface area contributed by atoms with Crippen LogP contribution < -0.4 is 0 Å². The Bertz CT molecular complexity index is 611. The zero-order chi connectivity index (χ0) is 15.5. The number of nitrogens with zero attached hydrogens (tertiary/aromatic N) is 1. The van der Waals surface area contributed by atoms with Crippen molar-refractivity contribution in [3.8, 4) is 0 Å². The number of carbonyl (C=O) groups excluding carboxylic acids is 1. The first kappa shape index (κ1) is 16.0. The fraction of sp³-hybridized carbons (Fsp3) is 0.500. The molecule has 0 radical (unpaired) electrons. The van der Waals surface area contributed by atoms with Crippen LogP contribution in [0, 0.1) is 11.6 Å². The summed E-state index contributed by atoms with van der Waals surface area (Å²) in [5.41, 5.74) is 0.00921. The molecule has 116 valence electrons. The maximum absolute atomic E-state index is 13.1. The summed E-state index contributed by atoms with van der Waals surface area (Å²) in [6.07, 6.45) is 0.661. The molecule has 1 heterocycles. The number of carbonyl (C=O) groups is 1. The third-order valence-electron chi connectivity index (χ3n) is 3.49. The van der Waals surface area contributed by atoms with Crippen LogP contribution in [0.2, 0.25) is 0 Å². The van der Waals surface area contributed by atoms with E-state index in [4.69, 9.17) is 0 Å². The Kier molecular flexibility index (Phi) is 5.05. The molecule has 1 aromatic carbocycles. The highest BCUT2D eigenvalue weighted by Gasteiger charge is 2.19. The van der Waals surface area contributed by atoms with Crippen molar-refractivity contribution in [2.75, 3.05) is 31.1 Å². The SMILES string of the molecule is O=C(CCN1CCCS(=O)(=O)CC1)c1cc(F)cc(F)c1. The summed E-state index contributed by atoms with van der Waals surface area (Å²) in [7, 11) is -2.98. The summed E-state index contributed by atoms with van der Waals surface area (Å²) in [4.78, 5) is 13.8. The van der Waals surface area contributed by atoms with Crippen LogP contribution in [0.25, 0.3) is 0 Å². The van der Waals surface area contributed by atoms with Crippen LogP contribution in [0.5, 0.6) is 0 Å². The van der Waals surface area contributed by atoms with E-state index in [0.717, 1.165) is 18.2 Å². The van der Waals surface area contributed by atoms with Gasteiger partial charge >= 0.3 is 0 Å². The van der Waals surface area contributed by atoms with Gasteiger partial charge in [0, 0.05) is 31.1 Å². The van der Waals surface area contributed by atoms with Crippen molar-refractivity contribution in [1.29, 1.82) is 0 Å². The zero-order valence-corrected chi connectivity index (χ0v) is 12.3. The van der Waals surface area contributed by atoms with E-state index in [1.807, 2.05) is 4.90 Å². The van der Waals surface area contributed by atoms with Gasteiger partial charge in [-0.2, -0.15) is 0 Å². The molecule has 0 amide bonds. The lowest BCUT2D eigenvalue weighted by molar-refractivity contribution is 0.0965. The summed E-state index contributed by atoms with van der Waals surface area (Å²) in [6, 6.07) is 2.74. The molecule has 1 saturated heterocycles. The Morgan fingerprint density at radius 2 is 1.76 bits per heavy atom. The van der Waals surface area contributed by atoms with Gasteiger partial charge in [0.05, 0.1) is 11.5 Å². The van der Waals surface area contributed by atoms with Gasteiger partial charge in [0.2, 0.25) is 0 Å². The molecule has 0 unspecified atom stereocenters. The molecule has 0 N–H and O–H groups in total. The third-order valence-corrected chi connectivity index (χ3v) is 5.20. The average Bonchev–Trinajstić information content (AvgIpc) is 2.56. The molecule has 4 nitrogen and oxygen atoms in total. The molecule has 0 bridgehead atoms. The van der Waals surface area contributed by atoms with Crippen LogP contribution in [0.15, 0.2) is 18.2 Å². The first-order chi connectivity index (χ1) is 9.85. The molecule has 0 spiro atoms. The van der Waals surface area contributed by atoms with Gasteiger partial charge < -0.3 is 4.90 Å². The van der Waals surface area contributed by atoms with E-state index in [9.17, 15) is 22.0 Å². The Morgan fingerprint density at radius 1 is 1.10 bits per heavy atom. The molecule has 1 aliphatic heterocycles. The minimum absolute atomic E-state index is 0.00921. The molecule has 1 aromatic rings. The average molecular weight is 317 g/mol. The van der Waals surface area contributed by atoms with Gasteiger partial charge in [0.25, 0.3) is 0 Å². The molecule has 0 aromatic heterocycles. The zero-order valence-electron chi connectivity index (χ0n) is 11.5.